The van der Waals surface area contributed by atoms with Gasteiger partial charge < -0.3 is 15.0 Å². The standard InChI is InChI=1S/C12H16N6O3/c13-11-10-12(15-5-14-11)18(6-16-10)7-1-2-8(3-7)21-4-9(19)17-20/h5-8,20H,1-4H2,(H,17,19)(H2,13,14,15)/t7-,8-/m0/s1. The van der Waals surface area contributed by atoms with Gasteiger partial charge in [0.2, 0.25) is 0 Å². The Labute approximate surface area is 120 Å². The summed E-state index contributed by atoms with van der Waals surface area (Å²) in [5.74, 6) is -0.184. The smallest absolute Gasteiger partial charge is 0.269 e. The molecule has 1 aliphatic rings. The molecule has 112 valence electrons. The van der Waals surface area contributed by atoms with Crippen molar-refractivity contribution in [3.63, 3.8) is 0 Å². The number of ether oxygens (including phenoxy) is 1. The van der Waals surface area contributed by atoms with Gasteiger partial charge in [-0.15, -0.1) is 0 Å². The third-order valence-corrected chi connectivity index (χ3v) is 3.71. The minimum absolute atomic E-state index is 0.0241. The fraction of sp³-hybridized carbons (Fsp3) is 0.500. The van der Waals surface area contributed by atoms with Crippen molar-refractivity contribution >= 4 is 22.9 Å². The molecule has 21 heavy (non-hydrogen) atoms. The van der Waals surface area contributed by atoms with Crippen LogP contribution >= 0.6 is 0 Å². The number of fused-ring (bicyclic) bond motifs is 1. The summed E-state index contributed by atoms with van der Waals surface area (Å²) in [5, 5.41) is 8.44. The van der Waals surface area contributed by atoms with Crippen molar-refractivity contribution in [2.45, 2.75) is 31.4 Å². The number of hydroxylamine groups is 1. The molecule has 4 N–H and O–H groups in total. The third kappa shape index (κ3) is 2.65. The first-order chi connectivity index (χ1) is 10.2. The number of anilines is 1. The summed E-state index contributed by atoms with van der Waals surface area (Å²) in [7, 11) is 0. The van der Waals surface area contributed by atoms with E-state index in [1.165, 1.54) is 6.33 Å². The van der Waals surface area contributed by atoms with Crippen LogP contribution in [-0.2, 0) is 9.53 Å². The minimum Gasteiger partial charge on any atom is -0.382 e. The summed E-state index contributed by atoms with van der Waals surface area (Å²) >= 11 is 0. The van der Waals surface area contributed by atoms with E-state index in [0.717, 1.165) is 19.3 Å². The summed E-state index contributed by atoms with van der Waals surface area (Å²) in [6.45, 7) is -0.145. The maximum Gasteiger partial charge on any atom is 0.269 e. The Morgan fingerprint density at radius 2 is 2.33 bits per heavy atom. The third-order valence-electron chi connectivity index (χ3n) is 3.71. The number of hydrogen-bond donors (Lipinski definition) is 3. The molecular weight excluding hydrogens is 276 g/mol. The van der Waals surface area contributed by atoms with E-state index in [1.54, 1.807) is 11.8 Å². The number of rotatable bonds is 4. The molecule has 1 fully saturated rings. The molecule has 9 nitrogen and oxygen atoms in total. The number of nitrogens with two attached hydrogens (primary N) is 1. The van der Waals surface area contributed by atoms with Crippen LogP contribution in [0.15, 0.2) is 12.7 Å². The zero-order valence-corrected chi connectivity index (χ0v) is 11.3. The molecule has 0 aromatic carbocycles. The molecule has 3 rings (SSSR count). The van der Waals surface area contributed by atoms with Gasteiger partial charge in [0.25, 0.3) is 5.91 Å². The second-order valence-corrected chi connectivity index (χ2v) is 5.02. The molecular formula is C12H16N6O3. The Bertz CT molecular complexity index is 657. The second kappa shape index (κ2) is 5.62. The van der Waals surface area contributed by atoms with E-state index in [-0.39, 0.29) is 18.8 Å². The highest BCUT2D eigenvalue weighted by atomic mass is 16.5. The van der Waals surface area contributed by atoms with E-state index >= 15 is 0 Å². The van der Waals surface area contributed by atoms with Crippen molar-refractivity contribution in [3.8, 4) is 0 Å². The van der Waals surface area contributed by atoms with E-state index in [9.17, 15) is 4.79 Å². The number of carbonyl (C=O) groups is 1. The lowest BCUT2D eigenvalue weighted by Crippen LogP contribution is -2.26. The van der Waals surface area contributed by atoms with Crippen LogP contribution in [0.25, 0.3) is 11.2 Å². The Kier molecular flexibility index (Phi) is 3.67. The van der Waals surface area contributed by atoms with E-state index in [2.05, 4.69) is 15.0 Å². The van der Waals surface area contributed by atoms with Crippen molar-refractivity contribution in [1.82, 2.24) is 25.0 Å². The summed E-state index contributed by atoms with van der Waals surface area (Å²) in [6.07, 6.45) is 5.61. The van der Waals surface area contributed by atoms with Crippen molar-refractivity contribution in [3.05, 3.63) is 12.7 Å². The van der Waals surface area contributed by atoms with Crippen LogP contribution in [0.4, 0.5) is 5.82 Å². The predicted molar refractivity (Wildman–Crippen MR) is 72.3 cm³/mol. The minimum atomic E-state index is -0.549. The highest BCUT2D eigenvalue weighted by Gasteiger charge is 2.28. The highest BCUT2D eigenvalue weighted by Crippen LogP contribution is 2.33. The van der Waals surface area contributed by atoms with Gasteiger partial charge in [0, 0.05) is 6.04 Å². The molecule has 0 bridgehead atoms. The molecule has 2 heterocycles. The Morgan fingerprint density at radius 3 is 3.14 bits per heavy atom. The number of nitrogens with one attached hydrogen (secondary N) is 1. The lowest BCUT2D eigenvalue weighted by Gasteiger charge is -2.13. The van der Waals surface area contributed by atoms with Crippen molar-refractivity contribution in [2.24, 2.45) is 0 Å². The van der Waals surface area contributed by atoms with Gasteiger partial charge in [-0.2, -0.15) is 0 Å². The van der Waals surface area contributed by atoms with Crippen LogP contribution in [0.1, 0.15) is 25.3 Å². The number of amides is 1. The van der Waals surface area contributed by atoms with E-state index in [0.29, 0.717) is 17.0 Å². The summed E-state index contributed by atoms with van der Waals surface area (Å²) in [5.41, 5.74) is 8.63. The van der Waals surface area contributed by atoms with Crippen molar-refractivity contribution in [2.75, 3.05) is 12.3 Å². The molecule has 1 saturated carbocycles. The molecule has 9 heteroatoms. The fourth-order valence-electron chi connectivity index (χ4n) is 2.68. The van der Waals surface area contributed by atoms with Gasteiger partial charge in [-0.25, -0.2) is 20.4 Å². The molecule has 2 aromatic heterocycles. The van der Waals surface area contributed by atoms with Gasteiger partial charge in [0.15, 0.2) is 11.5 Å². The lowest BCUT2D eigenvalue weighted by molar-refractivity contribution is -0.135. The Hall–Kier alpha value is -2.26. The van der Waals surface area contributed by atoms with Gasteiger partial charge in [0.1, 0.15) is 18.5 Å². The molecule has 2 atom stereocenters. The lowest BCUT2D eigenvalue weighted by atomic mass is 10.2. The van der Waals surface area contributed by atoms with Crippen LogP contribution in [0.5, 0.6) is 0 Å². The number of imidazole rings is 1. The number of nitrogens with zero attached hydrogens (tertiary/aromatic N) is 4. The monoisotopic (exact) mass is 292 g/mol. The summed E-state index contributed by atoms with van der Waals surface area (Å²) in [6, 6.07) is 0.200. The Morgan fingerprint density at radius 1 is 1.48 bits per heavy atom. The van der Waals surface area contributed by atoms with E-state index in [4.69, 9.17) is 15.7 Å². The van der Waals surface area contributed by atoms with Crippen LogP contribution in [-0.4, -0.2) is 43.3 Å². The zero-order valence-electron chi connectivity index (χ0n) is 11.3. The maximum atomic E-state index is 11.0. The first-order valence-electron chi connectivity index (χ1n) is 6.66. The SMILES string of the molecule is Nc1ncnc2c1ncn2[C@H]1CC[C@H](OCC(=O)NO)C1. The van der Waals surface area contributed by atoms with Crippen LogP contribution < -0.4 is 11.2 Å². The number of aromatic nitrogens is 4. The molecule has 0 spiro atoms. The molecule has 1 amide bonds. The molecule has 0 radical (unpaired) electrons. The molecule has 0 saturated heterocycles. The fourth-order valence-corrected chi connectivity index (χ4v) is 2.68. The molecule has 0 aliphatic heterocycles. The van der Waals surface area contributed by atoms with Crippen LogP contribution in [0, 0.1) is 0 Å². The topological polar surface area (TPSA) is 128 Å². The molecule has 2 aromatic rings. The van der Waals surface area contributed by atoms with Gasteiger partial charge >= 0.3 is 0 Å². The quantitative estimate of drug-likeness (QED) is 0.535. The van der Waals surface area contributed by atoms with Crippen molar-refractivity contribution < 1.29 is 14.7 Å². The summed E-state index contributed by atoms with van der Waals surface area (Å²) < 4.78 is 7.43. The average molecular weight is 292 g/mol. The Balaban J connectivity index is 1.70. The number of nitrogen functional groups attached to an aromatic ring is 1. The first kappa shape index (κ1) is 13.7. The van der Waals surface area contributed by atoms with Gasteiger partial charge in [-0.3, -0.25) is 10.0 Å². The van der Waals surface area contributed by atoms with Crippen LogP contribution in [0.2, 0.25) is 0 Å². The predicted octanol–water partition coefficient (Wildman–Crippen LogP) is 0.0241. The number of carbonyl (C=O) groups excluding carboxylic acids is 1. The maximum absolute atomic E-state index is 11.0. The van der Waals surface area contributed by atoms with Gasteiger partial charge in [0.05, 0.1) is 12.4 Å². The molecule has 1 aliphatic carbocycles. The second-order valence-electron chi connectivity index (χ2n) is 5.02. The van der Waals surface area contributed by atoms with Gasteiger partial charge in [-0.05, 0) is 19.3 Å². The zero-order chi connectivity index (χ0) is 14.8. The van der Waals surface area contributed by atoms with Crippen LogP contribution in [0.3, 0.4) is 0 Å². The molecule has 0 unspecified atom stereocenters. The number of hydrogen-bond acceptors (Lipinski definition) is 7. The summed E-state index contributed by atoms with van der Waals surface area (Å²) in [4.78, 5) is 23.4. The first-order valence-corrected chi connectivity index (χ1v) is 6.66. The average Bonchev–Trinajstić information content (AvgIpc) is 3.11. The largest absolute Gasteiger partial charge is 0.382 e. The normalized spacial score (nSPS) is 21.8. The van der Waals surface area contributed by atoms with Crippen molar-refractivity contribution in [1.29, 1.82) is 0 Å². The van der Waals surface area contributed by atoms with E-state index in [1.807, 2.05) is 4.57 Å². The van der Waals surface area contributed by atoms with Gasteiger partial charge in [-0.1, -0.05) is 0 Å². The highest BCUT2D eigenvalue weighted by molar-refractivity contribution is 5.81. The van der Waals surface area contributed by atoms with E-state index < -0.39 is 5.91 Å².